The van der Waals surface area contributed by atoms with Gasteiger partial charge in [0.15, 0.2) is 0 Å². The van der Waals surface area contributed by atoms with Gasteiger partial charge in [-0.25, -0.2) is 0 Å². The van der Waals surface area contributed by atoms with Gasteiger partial charge in [-0.05, 0) is 38.8 Å². The third-order valence-electron chi connectivity index (χ3n) is 4.59. The summed E-state index contributed by atoms with van der Waals surface area (Å²) in [7, 11) is 2.24. The first kappa shape index (κ1) is 12.3. The van der Waals surface area contributed by atoms with Crippen molar-refractivity contribution in [1.29, 1.82) is 0 Å². The van der Waals surface area contributed by atoms with Crippen molar-refractivity contribution < 1.29 is 0 Å². The summed E-state index contributed by atoms with van der Waals surface area (Å²) in [5, 5.41) is 3.54. The van der Waals surface area contributed by atoms with E-state index in [4.69, 9.17) is 0 Å². The highest BCUT2D eigenvalue weighted by molar-refractivity contribution is 4.91. The van der Waals surface area contributed by atoms with Crippen LogP contribution in [0.25, 0.3) is 0 Å². The quantitative estimate of drug-likeness (QED) is 0.773. The van der Waals surface area contributed by atoms with Crippen molar-refractivity contribution in [3.05, 3.63) is 0 Å². The first-order valence-corrected chi connectivity index (χ1v) is 6.78. The summed E-state index contributed by atoms with van der Waals surface area (Å²) in [4.78, 5) is 5.16. The van der Waals surface area contributed by atoms with Crippen molar-refractivity contribution >= 4 is 0 Å². The number of piperazine rings is 1. The molecule has 2 aliphatic heterocycles. The summed E-state index contributed by atoms with van der Waals surface area (Å²) in [5.41, 5.74) is 0.560. The molecule has 0 spiro atoms. The van der Waals surface area contributed by atoms with E-state index in [0.717, 1.165) is 6.04 Å². The van der Waals surface area contributed by atoms with Gasteiger partial charge in [-0.2, -0.15) is 0 Å². The average Bonchev–Trinajstić information content (AvgIpc) is 2.72. The molecule has 2 rings (SSSR count). The maximum Gasteiger partial charge on any atom is 0.0195 e. The Morgan fingerprint density at radius 1 is 1.38 bits per heavy atom. The number of hydrogen-bond acceptors (Lipinski definition) is 3. The number of likely N-dealkylation sites (N-methyl/N-ethyl adjacent to an activating group) is 1. The van der Waals surface area contributed by atoms with Gasteiger partial charge in [0.2, 0.25) is 0 Å². The SMILES string of the molecule is CCC1(CN2CCN(C)CC2C)CCNC1. The van der Waals surface area contributed by atoms with Crippen LogP contribution in [0.1, 0.15) is 26.7 Å². The number of nitrogens with zero attached hydrogens (tertiary/aromatic N) is 2. The zero-order valence-corrected chi connectivity index (χ0v) is 11.1. The van der Waals surface area contributed by atoms with Crippen LogP contribution in [0.4, 0.5) is 0 Å². The Balaban J connectivity index is 1.92. The van der Waals surface area contributed by atoms with E-state index in [-0.39, 0.29) is 0 Å². The summed E-state index contributed by atoms with van der Waals surface area (Å²) in [6, 6.07) is 0.725. The molecule has 0 aromatic rings. The van der Waals surface area contributed by atoms with Crippen molar-refractivity contribution in [2.24, 2.45) is 5.41 Å². The van der Waals surface area contributed by atoms with Gasteiger partial charge in [-0.1, -0.05) is 6.92 Å². The Kier molecular flexibility index (Phi) is 3.88. The smallest absolute Gasteiger partial charge is 0.0195 e. The first-order valence-electron chi connectivity index (χ1n) is 6.78. The topological polar surface area (TPSA) is 18.5 Å². The molecule has 0 saturated carbocycles. The lowest BCUT2D eigenvalue weighted by atomic mass is 9.83. The summed E-state index contributed by atoms with van der Waals surface area (Å²) in [6.45, 7) is 12.2. The lowest BCUT2D eigenvalue weighted by Crippen LogP contribution is -2.53. The average molecular weight is 225 g/mol. The Bertz CT molecular complexity index is 223. The fourth-order valence-electron chi connectivity index (χ4n) is 3.19. The molecule has 2 unspecified atom stereocenters. The molecular formula is C13H27N3. The highest BCUT2D eigenvalue weighted by Gasteiger charge is 2.35. The van der Waals surface area contributed by atoms with Gasteiger partial charge in [-0.15, -0.1) is 0 Å². The lowest BCUT2D eigenvalue weighted by Gasteiger charge is -2.42. The van der Waals surface area contributed by atoms with Crippen molar-refractivity contribution in [3.63, 3.8) is 0 Å². The number of nitrogens with one attached hydrogen (secondary N) is 1. The molecule has 2 aliphatic rings. The normalized spacial score (nSPS) is 38.1. The van der Waals surface area contributed by atoms with Gasteiger partial charge in [0.05, 0.1) is 0 Å². The molecule has 16 heavy (non-hydrogen) atoms. The van der Waals surface area contributed by atoms with Crippen LogP contribution in [0.2, 0.25) is 0 Å². The van der Waals surface area contributed by atoms with E-state index in [0.29, 0.717) is 5.41 Å². The molecule has 3 nitrogen and oxygen atoms in total. The van der Waals surface area contributed by atoms with Crippen LogP contribution in [0.15, 0.2) is 0 Å². The first-order chi connectivity index (χ1) is 7.65. The molecule has 3 heteroatoms. The lowest BCUT2D eigenvalue weighted by molar-refractivity contribution is 0.0585. The Labute approximate surface area is 100 Å². The molecule has 0 bridgehead atoms. The predicted octanol–water partition coefficient (Wildman–Crippen LogP) is 1.01. The Hall–Kier alpha value is -0.120. The van der Waals surface area contributed by atoms with Crippen LogP contribution in [0.3, 0.4) is 0 Å². The molecule has 0 aliphatic carbocycles. The standard InChI is InChI=1S/C13H27N3/c1-4-13(5-6-14-10-13)11-16-8-7-15(3)9-12(16)2/h12,14H,4-11H2,1-3H3. The van der Waals surface area contributed by atoms with Gasteiger partial charge in [-0.3, -0.25) is 4.90 Å². The minimum atomic E-state index is 0.560. The van der Waals surface area contributed by atoms with Gasteiger partial charge in [0.25, 0.3) is 0 Å². The van der Waals surface area contributed by atoms with Crippen molar-refractivity contribution in [1.82, 2.24) is 15.1 Å². The molecule has 0 amide bonds. The second-order valence-electron chi connectivity index (χ2n) is 5.86. The third kappa shape index (κ3) is 2.58. The molecule has 2 heterocycles. The van der Waals surface area contributed by atoms with E-state index in [9.17, 15) is 0 Å². The minimum Gasteiger partial charge on any atom is -0.316 e. The Morgan fingerprint density at radius 2 is 2.19 bits per heavy atom. The maximum absolute atomic E-state index is 3.54. The van der Waals surface area contributed by atoms with E-state index in [1.54, 1.807) is 0 Å². The number of hydrogen-bond donors (Lipinski definition) is 1. The van der Waals surface area contributed by atoms with Gasteiger partial charge in [0.1, 0.15) is 0 Å². The molecule has 0 aromatic heterocycles. The largest absolute Gasteiger partial charge is 0.316 e. The highest BCUT2D eigenvalue weighted by Crippen LogP contribution is 2.31. The highest BCUT2D eigenvalue weighted by atomic mass is 15.3. The van der Waals surface area contributed by atoms with Crippen LogP contribution in [0.5, 0.6) is 0 Å². The molecular weight excluding hydrogens is 198 g/mol. The van der Waals surface area contributed by atoms with E-state index in [2.05, 4.69) is 36.0 Å². The van der Waals surface area contributed by atoms with Crippen molar-refractivity contribution in [2.75, 3.05) is 46.3 Å². The second kappa shape index (κ2) is 5.03. The van der Waals surface area contributed by atoms with Gasteiger partial charge in [0, 0.05) is 38.8 Å². The van der Waals surface area contributed by atoms with E-state index >= 15 is 0 Å². The summed E-state index contributed by atoms with van der Waals surface area (Å²) in [6.07, 6.45) is 2.68. The molecule has 2 fully saturated rings. The molecule has 94 valence electrons. The predicted molar refractivity (Wildman–Crippen MR) is 68.7 cm³/mol. The fourth-order valence-corrected chi connectivity index (χ4v) is 3.19. The van der Waals surface area contributed by atoms with Crippen LogP contribution in [0, 0.1) is 5.41 Å². The molecule has 0 aromatic carbocycles. The molecule has 2 atom stereocenters. The molecule has 0 radical (unpaired) electrons. The van der Waals surface area contributed by atoms with E-state index in [1.807, 2.05) is 0 Å². The number of rotatable bonds is 3. The molecule has 2 saturated heterocycles. The van der Waals surface area contributed by atoms with E-state index in [1.165, 1.54) is 52.1 Å². The summed E-state index contributed by atoms with van der Waals surface area (Å²) in [5.74, 6) is 0. The van der Waals surface area contributed by atoms with E-state index < -0.39 is 0 Å². The zero-order valence-electron chi connectivity index (χ0n) is 11.1. The molecule has 1 N–H and O–H groups in total. The Morgan fingerprint density at radius 3 is 2.75 bits per heavy atom. The third-order valence-corrected chi connectivity index (χ3v) is 4.59. The van der Waals surface area contributed by atoms with Crippen molar-refractivity contribution in [2.45, 2.75) is 32.7 Å². The zero-order chi connectivity index (χ0) is 11.6. The summed E-state index contributed by atoms with van der Waals surface area (Å²) >= 11 is 0. The van der Waals surface area contributed by atoms with Crippen LogP contribution < -0.4 is 5.32 Å². The monoisotopic (exact) mass is 225 g/mol. The fraction of sp³-hybridized carbons (Fsp3) is 1.00. The van der Waals surface area contributed by atoms with Crippen LogP contribution in [-0.2, 0) is 0 Å². The minimum absolute atomic E-state index is 0.560. The van der Waals surface area contributed by atoms with Crippen LogP contribution >= 0.6 is 0 Å². The van der Waals surface area contributed by atoms with Gasteiger partial charge < -0.3 is 10.2 Å². The second-order valence-corrected chi connectivity index (χ2v) is 5.86. The summed E-state index contributed by atoms with van der Waals surface area (Å²) < 4.78 is 0. The maximum atomic E-state index is 3.54. The van der Waals surface area contributed by atoms with Crippen LogP contribution in [-0.4, -0.2) is 62.2 Å². The van der Waals surface area contributed by atoms with Crippen molar-refractivity contribution in [3.8, 4) is 0 Å². The van der Waals surface area contributed by atoms with Gasteiger partial charge >= 0.3 is 0 Å².